The Bertz CT molecular complexity index is 1080. The molecule has 0 unspecified atom stereocenters. The van der Waals surface area contributed by atoms with Crippen molar-refractivity contribution in [2.45, 2.75) is 63.1 Å². The number of ether oxygens (including phenoxy) is 1. The molecule has 5 nitrogen and oxygen atoms in total. The molecule has 2 fully saturated rings. The smallest absolute Gasteiger partial charge is 0.223 e. The molecule has 0 radical (unpaired) electrons. The SMILES string of the molecule is COc1ccc(-c2[nH]c3ccccc3c2CCC(=O)N2[C@H]3CC[C@H]2CC(C)(O)C3)cc1. The average Bonchev–Trinajstić information content (AvgIpc) is 3.27. The summed E-state index contributed by atoms with van der Waals surface area (Å²) < 4.78 is 5.30. The summed E-state index contributed by atoms with van der Waals surface area (Å²) in [6.07, 6.45) is 4.59. The number of nitrogens with one attached hydrogen (secondary N) is 1. The van der Waals surface area contributed by atoms with Gasteiger partial charge in [0.15, 0.2) is 0 Å². The Kier molecular flexibility index (Phi) is 5.01. The molecule has 5 rings (SSSR count). The van der Waals surface area contributed by atoms with Crippen molar-refractivity contribution in [3.05, 3.63) is 54.1 Å². The molecule has 31 heavy (non-hydrogen) atoms. The van der Waals surface area contributed by atoms with Crippen molar-refractivity contribution in [3.8, 4) is 17.0 Å². The topological polar surface area (TPSA) is 65.6 Å². The van der Waals surface area contributed by atoms with Gasteiger partial charge in [0.2, 0.25) is 5.91 Å². The molecule has 2 saturated heterocycles. The minimum absolute atomic E-state index is 0.185. The van der Waals surface area contributed by atoms with Gasteiger partial charge in [-0.15, -0.1) is 0 Å². The van der Waals surface area contributed by atoms with Crippen LogP contribution in [0.15, 0.2) is 48.5 Å². The van der Waals surface area contributed by atoms with Crippen LogP contribution in [-0.2, 0) is 11.2 Å². The van der Waals surface area contributed by atoms with E-state index in [1.165, 1.54) is 10.9 Å². The Hall–Kier alpha value is -2.79. The molecule has 0 saturated carbocycles. The van der Waals surface area contributed by atoms with Crippen molar-refractivity contribution >= 4 is 16.8 Å². The zero-order valence-corrected chi connectivity index (χ0v) is 18.2. The number of rotatable bonds is 5. The summed E-state index contributed by atoms with van der Waals surface area (Å²) >= 11 is 0. The third-order valence-corrected chi connectivity index (χ3v) is 7.04. The highest BCUT2D eigenvalue weighted by Gasteiger charge is 2.46. The lowest BCUT2D eigenvalue weighted by molar-refractivity contribution is -0.140. The van der Waals surface area contributed by atoms with E-state index in [-0.39, 0.29) is 18.0 Å². The third-order valence-electron chi connectivity index (χ3n) is 7.04. The summed E-state index contributed by atoms with van der Waals surface area (Å²) in [5.74, 6) is 1.04. The predicted molar refractivity (Wildman–Crippen MR) is 122 cm³/mol. The van der Waals surface area contributed by atoms with E-state index in [2.05, 4.69) is 34.1 Å². The number of aromatic amines is 1. The first-order valence-electron chi connectivity index (χ1n) is 11.2. The van der Waals surface area contributed by atoms with E-state index in [4.69, 9.17) is 4.74 Å². The second-order valence-electron chi connectivity index (χ2n) is 9.34. The highest BCUT2D eigenvalue weighted by molar-refractivity contribution is 5.91. The number of methoxy groups -OCH3 is 1. The van der Waals surface area contributed by atoms with Crippen molar-refractivity contribution in [1.29, 1.82) is 0 Å². The minimum atomic E-state index is -0.638. The lowest BCUT2D eigenvalue weighted by Crippen LogP contribution is -2.52. The van der Waals surface area contributed by atoms with Gasteiger partial charge >= 0.3 is 0 Å². The zero-order valence-electron chi connectivity index (χ0n) is 18.2. The Balaban J connectivity index is 1.41. The Morgan fingerprint density at radius 3 is 2.48 bits per heavy atom. The highest BCUT2D eigenvalue weighted by Crippen LogP contribution is 2.41. The number of carbonyl (C=O) groups is 1. The van der Waals surface area contributed by atoms with Gasteiger partial charge in [0.1, 0.15) is 5.75 Å². The lowest BCUT2D eigenvalue weighted by Gasteiger charge is -2.42. The maximum absolute atomic E-state index is 13.3. The van der Waals surface area contributed by atoms with Crippen LogP contribution in [0.2, 0.25) is 0 Å². The van der Waals surface area contributed by atoms with E-state index in [9.17, 15) is 9.90 Å². The molecule has 2 aromatic carbocycles. The van der Waals surface area contributed by atoms with Crippen molar-refractivity contribution in [2.75, 3.05) is 7.11 Å². The fourth-order valence-electron chi connectivity index (χ4n) is 5.69. The second kappa shape index (κ2) is 7.72. The van der Waals surface area contributed by atoms with Crippen LogP contribution < -0.4 is 4.74 Å². The lowest BCUT2D eigenvalue weighted by atomic mass is 9.87. The van der Waals surface area contributed by atoms with E-state index >= 15 is 0 Å². The molecule has 1 amide bonds. The van der Waals surface area contributed by atoms with Crippen LogP contribution in [0, 0.1) is 0 Å². The molecule has 3 heterocycles. The summed E-state index contributed by atoms with van der Waals surface area (Å²) in [6, 6.07) is 16.7. The van der Waals surface area contributed by atoms with Crippen LogP contribution in [0.4, 0.5) is 0 Å². The van der Waals surface area contributed by atoms with Crippen molar-refractivity contribution in [3.63, 3.8) is 0 Å². The molecule has 2 bridgehead atoms. The summed E-state index contributed by atoms with van der Waals surface area (Å²) in [4.78, 5) is 18.9. The number of nitrogens with zero attached hydrogens (tertiary/aromatic N) is 1. The van der Waals surface area contributed by atoms with Crippen molar-refractivity contribution < 1.29 is 14.6 Å². The number of amides is 1. The van der Waals surface area contributed by atoms with Gasteiger partial charge in [-0.2, -0.15) is 0 Å². The van der Waals surface area contributed by atoms with E-state index in [0.717, 1.165) is 35.4 Å². The van der Waals surface area contributed by atoms with E-state index in [1.807, 2.05) is 31.2 Å². The number of hydrogen-bond donors (Lipinski definition) is 2. The number of aromatic nitrogens is 1. The first-order chi connectivity index (χ1) is 14.9. The predicted octanol–water partition coefficient (Wildman–Crippen LogP) is 4.68. The molecule has 162 valence electrons. The second-order valence-corrected chi connectivity index (χ2v) is 9.34. The maximum atomic E-state index is 13.3. The van der Waals surface area contributed by atoms with Gasteiger partial charge in [0, 0.05) is 35.1 Å². The van der Waals surface area contributed by atoms with Crippen molar-refractivity contribution in [1.82, 2.24) is 9.88 Å². The number of hydrogen-bond acceptors (Lipinski definition) is 3. The molecular weight excluding hydrogens is 388 g/mol. The molecule has 3 aromatic rings. The highest BCUT2D eigenvalue weighted by atomic mass is 16.5. The normalized spacial score (nSPS) is 25.2. The molecule has 0 spiro atoms. The molecule has 0 aliphatic carbocycles. The van der Waals surface area contributed by atoms with Crippen LogP contribution in [0.3, 0.4) is 0 Å². The minimum Gasteiger partial charge on any atom is -0.497 e. The Morgan fingerprint density at radius 2 is 1.81 bits per heavy atom. The number of piperidine rings is 1. The van der Waals surface area contributed by atoms with E-state index in [0.29, 0.717) is 25.7 Å². The van der Waals surface area contributed by atoms with Crippen LogP contribution in [0.1, 0.15) is 44.6 Å². The van der Waals surface area contributed by atoms with Gasteiger partial charge in [-0.1, -0.05) is 18.2 Å². The molecule has 5 heteroatoms. The van der Waals surface area contributed by atoms with Crippen LogP contribution >= 0.6 is 0 Å². The third kappa shape index (κ3) is 3.72. The number of carbonyl (C=O) groups excluding carboxylic acids is 1. The molecule has 2 aliphatic heterocycles. The summed E-state index contributed by atoms with van der Waals surface area (Å²) in [6.45, 7) is 1.91. The average molecular weight is 419 g/mol. The summed E-state index contributed by atoms with van der Waals surface area (Å²) in [5, 5.41) is 11.7. The fraction of sp³-hybridized carbons (Fsp3) is 0.423. The number of aliphatic hydroxyl groups is 1. The molecule has 2 atom stereocenters. The van der Waals surface area contributed by atoms with E-state index in [1.54, 1.807) is 7.11 Å². The monoisotopic (exact) mass is 418 g/mol. The van der Waals surface area contributed by atoms with Gasteiger partial charge in [0.25, 0.3) is 0 Å². The van der Waals surface area contributed by atoms with Gasteiger partial charge in [-0.25, -0.2) is 0 Å². The number of H-pyrrole nitrogens is 1. The van der Waals surface area contributed by atoms with Crippen LogP contribution in [0.25, 0.3) is 22.2 Å². The first-order valence-corrected chi connectivity index (χ1v) is 11.2. The van der Waals surface area contributed by atoms with Gasteiger partial charge < -0.3 is 19.7 Å². The summed E-state index contributed by atoms with van der Waals surface area (Å²) in [7, 11) is 1.67. The molecule has 1 aromatic heterocycles. The maximum Gasteiger partial charge on any atom is 0.223 e. The standard InChI is InChI=1S/C26H30N2O3/c1-26(30)15-18-9-10-19(16-26)28(18)24(29)14-13-22-21-5-3-4-6-23(21)27-25(22)17-7-11-20(31-2)12-8-17/h3-8,11-12,18-19,27,30H,9-10,13-16H2,1-2H3/t18-,19-/m0/s1. The number of fused-ring (bicyclic) bond motifs is 3. The molecular formula is C26H30N2O3. The number of para-hydroxylation sites is 1. The van der Waals surface area contributed by atoms with Gasteiger partial charge in [-0.05, 0) is 80.5 Å². The van der Waals surface area contributed by atoms with Crippen LogP contribution in [-0.4, -0.2) is 45.7 Å². The largest absolute Gasteiger partial charge is 0.497 e. The number of aryl methyl sites for hydroxylation is 1. The zero-order chi connectivity index (χ0) is 21.6. The summed E-state index contributed by atoms with van der Waals surface area (Å²) in [5.41, 5.74) is 3.80. The van der Waals surface area contributed by atoms with Crippen molar-refractivity contribution in [2.24, 2.45) is 0 Å². The first kappa shape index (κ1) is 20.1. The number of benzene rings is 2. The Morgan fingerprint density at radius 1 is 1.13 bits per heavy atom. The Labute approximate surface area is 183 Å². The van der Waals surface area contributed by atoms with Crippen LogP contribution in [0.5, 0.6) is 5.75 Å². The molecule has 2 N–H and O–H groups in total. The quantitative estimate of drug-likeness (QED) is 0.632. The van der Waals surface area contributed by atoms with E-state index < -0.39 is 5.60 Å². The van der Waals surface area contributed by atoms with Gasteiger partial charge in [-0.3, -0.25) is 4.79 Å². The fourth-order valence-corrected chi connectivity index (χ4v) is 5.69. The van der Waals surface area contributed by atoms with Gasteiger partial charge in [0.05, 0.1) is 12.7 Å². The molecule has 2 aliphatic rings.